The third kappa shape index (κ3) is 5.83. The Hall–Kier alpha value is -4.53. The van der Waals surface area contributed by atoms with Crippen LogP contribution < -0.4 is 25.4 Å². The van der Waals surface area contributed by atoms with Gasteiger partial charge >= 0.3 is 12.0 Å². The third-order valence-corrected chi connectivity index (χ3v) is 4.87. The predicted molar refractivity (Wildman–Crippen MR) is 126 cm³/mol. The fourth-order valence-corrected chi connectivity index (χ4v) is 3.15. The Bertz CT molecular complexity index is 1180. The Kier molecular flexibility index (Phi) is 6.92. The quantitative estimate of drug-likeness (QED) is 0.472. The maximum Gasteiger partial charge on any atom is 0.338 e. The van der Waals surface area contributed by atoms with E-state index in [1.54, 1.807) is 42.5 Å². The van der Waals surface area contributed by atoms with E-state index in [1.165, 1.54) is 19.1 Å². The van der Waals surface area contributed by atoms with Gasteiger partial charge in [-0.2, -0.15) is 0 Å². The van der Waals surface area contributed by atoms with Gasteiger partial charge in [0, 0.05) is 23.1 Å². The average molecular weight is 461 g/mol. The molecule has 1 aliphatic rings. The molecular formula is C25H23N3O6. The molecule has 34 heavy (non-hydrogen) atoms. The van der Waals surface area contributed by atoms with Gasteiger partial charge in [0.05, 0.1) is 5.56 Å². The molecule has 0 fully saturated rings. The van der Waals surface area contributed by atoms with E-state index in [0.717, 1.165) is 0 Å². The number of nitrogens with one attached hydrogen (secondary N) is 3. The van der Waals surface area contributed by atoms with Crippen molar-refractivity contribution in [1.82, 2.24) is 0 Å². The summed E-state index contributed by atoms with van der Waals surface area (Å²) in [6, 6.07) is 19.8. The molecule has 0 bridgehead atoms. The highest BCUT2D eigenvalue weighted by atomic mass is 16.6. The van der Waals surface area contributed by atoms with Crippen LogP contribution in [0.4, 0.5) is 21.9 Å². The van der Waals surface area contributed by atoms with Crippen molar-refractivity contribution in [3.8, 4) is 11.5 Å². The van der Waals surface area contributed by atoms with Crippen LogP contribution in [0.3, 0.4) is 0 Å². The second-order valence-electron chi connectivity index (χ2n) is 7.42. The summed E-state index contributed by atoms with van der Waals surface area (Å²) < 4.78 is 16.2. The molecule has 0 radical (unpaired) electrons. The predicted octanol–water partition coefficient (Wildman–Crippen LogP) is 4.29. The van der Waals surface area contributed by atoms with Gasteiger partial charge in [-0.25, -0.2) is 9.59 Å². The SMILES string of the molecule is CC(OC(=O)c1ccc(NC(=O)Nc2ccccc2)cc1)C(=O)Nc1ccc2c(c1)OCCO2. The minimum Gasteiger partial charge on any atom is -0.486 e. The first-order valence-electron chi connectivity index (χ1n) is 10.6. The number of urea groups is 1. The number of amides is 3. The van der Waals surface area contributed by atoms with Gasteiger partial charge in [0.1, 0.15) is 13.2 Å². The van der Waals surface area contributed by atoms with Gasteiger partial charge in [-0.3, -0.25) is 4.79 Å². The van der Waals surface area contributed by atoms with Crippen LogP contribution in [0.15, 0.2) is 72.8 Å². The molecule has 9 nitrogen and oxygen atoms in total. The van der Waals surface area contributed by atoms with Crippen molar-refractivity contribution in [1.29, 1.82) is 0 Å². The molecular weight excluding hydrogens is 438 g/mol. The topological polar surface area (TPSA) is 115 Å². The van der Waals surface area contributed by atoms with Crippen LogP contribution >= 0.6 is 0 Å². The summed E-state index contributed by atoms with van der Waals surface area (Å²) >= 11 is 0. The van der Waals surface area contributed by atoms with Crippen molar-refractivity contribution in [2.45, 2.75) is 13.0 Å². The molecule has 0 aliphatic carbocycles. The van der Waals surface area contributed by atoms with Crippen LogP contribution in [0.2, 0.25) is 0 Å². The normalized spacial score (nSPS) is 12.7. The number of benzene rings is 3. The largest absolute Gasteiger partial charge is 0.486 e. The van der Waals surface area contributed by atoms with E-state index < -0.39 is 24.0 Å². The number of hydrogen-bond acceptors (Lipinski definition) is 6. The Morgan fingerprint density at radius 3 is 2.09 bits per heavy atom. The highest BCUT2D eigenvalue weighted by Gasteiger charge is 2.20. The monoisotopic (exact) mass is 461 g/mol. The second-order valence-corrected chi connectivity index (χ2v) is 7.42. The third-order valence-electron chi connectivity index (χ3n) is 4.87. The van der Waals surface area contributed by atoms with E-state index in [9.17, 15) is 14.4 Å². The van der Waals surface area contributed by atoms with Gasteiger partial charge in [-0.15, -0.1) is 0 Å². The van der Waals surface area contributed by atoms with Crippen molar-refractivity contribution in [3.05, 3.63) is 78.4 Å². The van der Waals surface area contributed by atoms with Crippen molar-refractivity contribution < 1.29 is 28.6 Å². The number of esters is 1. The van der Waals surface area contributed by atoms with Gasteiger partial charge in [-0.05, 0) is 55.5 Å². The molecule has 1 heterocycles. The molecule has 1 unspecified atom stereocenters. The number of fused-ring (bicyclic) bond motifs is 1. The molecule has 174 valence electrons. The molecule has 3 aromatic carbocycles. The first-order chi connectivity index (χ1) is 16.5. The van der Waals surface area contributed by atoms with E-state index in [1.807, 2.05) is 18.2 Å². The summed E-state index contributed by atoms with van der Waals surface area (Å²) in [4.78, 5) is 37.0. The van der Waals surface area contributed by atoms with E-state index in [2.05, 4.69) is 16.0 Å². The smallest absolute Gasteiger partial charge is 0.338 e. The number of carbonyl (C=O) groups is 3. The first kappa shape index (κ1) is 22.7. The lowest BCUT2D eigenvalue weighted by Gasteiger charge is -2.19. The fraction of sp³-hybridized carbons (Fsp3) is 0.160. The van der Waals surface area contributed by atoms with Gasteiger partial charge in [-0.1, -0.05) is 18.2 Å². The zero-order valence-electron chi connectivity index (χ0n) is 18.4. The number of rotatable bonds is 6. The fourth-order valence-electron chi connectivity index (χ4n) is 3.15. The molecule has 0 saturated heterocycles. The highest BCUT2D eigenvalue weighted by molar-refractivity contribution is 6.00. The zero-order valence-corrected chi connectivity index (χ0v) is 18.4. The summed E-state index contributed by atoms with van der Waals surface area (Å²) in [5.41, 5.74) is 1.90. The summed E-state index contributed by atoms with van der Waals surface area (Å²) in [7, 11) is 0. The van der Waals surface area contributed by atoms with E-state index in [4.69, 9.17) is 14.2 Å². The van der Waals surface area contributed by atoms with Crippen LogP contribution in [-0.4, -0.2) is 37.2 Å². The number of ether oxygens (including phenoxy) is 3. The number of hydrogen-bond donors (Lipinski definition) is 3. The maximum atomic E-state index is 12.5. The Morgan fingerprint density at radius 2 is 1.38 bits per heavy atom. The average Bonchev–Trinajstić information content (AvgIpc) is 2.85. The molecule has 3 aromatic rings. The van der Waals surface area contributed by atoms with Crippen LogP contribution in [0, 0.1) is 0 Å². The molecule has 3 N–H and O–H groups in total. The summed E-state index contributed by atoms with van der Waals surface area (Å²) in [5, 5.41) is 8.07. The lowest BCUT2D eigenvalue weighted by atomic mass is 10.2. The Morgan fingerprint density at radius 1 is 0.765 bits per heavy atom. The van der Waals surface area contributed by atoms with Crippen molar-refractivity contribution in [3.63, 3.8) is 0 Å². The van der Waals surface area contributed by atoms with Crippen molar-refractivity contribution in [2.75, 3.05) is 29.2 Å². The minimum atomic E-state index is -1.03. The van der Waals surface area contributed by atoms with Crippen LogP contribution in [0.1, 0.15) is 17.3 Å². The lowest BCUT2D eigenvalue weighted by Crippen LogP contribution is -2.30. The highest BCUT2D eigenvalue weighted by Crippen LogP contribution is 2.32. The molecule has 0 aromatic heterocycles. The van der Waals surface area contributed by atoms with Crippen LogP contribution in [-0.2, 0) is 9.53 Å². The standard InChI is InChI=1S/C25H23N3O6/c1-16(23(29)26-20-11-12-21-22(15-20)33-14-13-32-21)34-24(30)17-7-9-19(10-8-17)28-25(31)27-18-5-3-2-4-6-18/h2-12,15-16H,13-14H2,1H3,(H,26,29)(H2,27,28,31). The van der Waals surface area contributed by atoms with Crippen LogP contribution in [0.25, 0.3) is 0 Å². The van der Waals surface area contributed by atoms with E-state index in [0.29, 0.717) is 41.8 Å². The minimum absolute atomic E-state index is 0.244. The molecule has 9 heteroatoms. The number of para-hydroxylation sites is 1. The lowest BCUT2D eigenvalue weighted by molar-refractivity contribution is -0.123. The van der Waals surface area contributed by atoms with E-state index >= 15 is 0 Å². The number of anilines is 3. The summed E-state index contributed by atoms with van der Waals surface area (Å²) in [6.45, 7) is 2.39. The van der Waals surface area contributed by atoms with Crippen molar-refractivity contribution in [2.24, 2.45) is 0 Å². The number of carbonyl (C=O) groups excluding carboxylic acids is 3. The van der Waals surface area contributed by atoms with Gasteiger partial charge in [0.15, 0.2) is 17.6 Å². The van der Waals surface area contributed by atoms with E-state index in [-0.39, 0.29) is 5.56 Å². The van der Waals surface area contributed by atoms with Gasteiger partial charge in [0.2, 0.25) is 0 Å². The molecule has 4 rings (SSSR count). The summed E-state index contributed by atoms with van der Waals surface area (Å²) in [5.74, 6) is 0.00469. The zero-order chi connectivity index (χ0) is 23.9. The van der Waals surface area contributed by atoms with Gasteiger partial charge < -0.3 is 30.2 Å². The van der Waals surface area contributed by atoms with Crippen LogP contribution in [0.5, 0.6) is 11.5 Å². The Balaban J connectivity index is 1.28. The van der Waals surface area contributed by atoms with Crippen molar-refractivity contribution >= 4 is 35.0 Å². The molecule has 1 atom stereocenters. The molecule has 0 saturated carbocycles. The maximum absolute atomic E-state index is 12.5. The molecule has 1 aliphatic heterocycles. The molecule has 3 amide bonds. The molecule has 0 spiro atoms. The second kappa shape index (κ2) is 10.4. The summed E-state index contributed by atoms with van der Waals surface area (Å²) in [6.07, 6.45) is -1.03. The first-order valence-corrected chi connectivity index (χ1v) is 10.6. The van der Waals surface area contributed by atoms with Gasteiger partial charge in [0.25, 0.3) is 5.91 Å². The Labute approximate surface area is 196 Å².